The SMILES string of the molecule is CC(C)=CCC/C(C)=C/CC/C(C)=C/CN1C(=O)c2cccc(OP(=O)(Oc3ccccc3)Oc3ccccc3)c2Nc2c(O)cc(OP(=O)(Oc3ccccc3)Oc3ccccc3)cc21. The van der Waals surface area contributed by atoms with E-state index in [0.29, 0.717) is 0 Å². The first-order chi connectivity index (χ1) is 31.8. The molecule has 340 valence electrons. The first-order valence-corrected chi connectivity index (χ1v) is 24.4. The highest BCUT2D eigenvalue weighted by molar-refractivity contribution is 7.50. The number of rotatable bonds is 20. The van der Waals surface area contributed by atoms with Crippen LogP contribution in [-0.4, -0.2) is 17.6 Å². The molecule has 1 aliphatic heterocycles. The number of phenols is 1. The third-order valence-corrected chi connectivity index (χ3v) is 12.7. The molecule has 6 aromatic carbocycles. The van der Waals surface area contributed by atoms with Gasteiger partial charge in [-0.25, -0.2) is 0 Å². The lowest BCUT2D eigenvalue weighted by atomic mass is 10.1. The van der Waals surface area contributed by atoms with Crippen LogP contribution in [-0.2, 0) is 9.13 Å². The van der Waals surface area contributed by atoms with E-state index in [9.17, 15) is 19.0 Å². The molecule has 1 amide bonds. The topological polar surface area (TPSA) is 142 Å². The van der Waals surface area contributed by atoms with Crippen molar-refractivity contribution in [2.75, 3.05) is 16.8 Å². The summed E-state index contributed by atoms with van der Waals surface area (Å²) in [5.74, 6) is -0.261. The molecule has 66 heavy (non-hydrogen) atoms. The van der Waals surface area contributed by atoms with Crippen molar-refractivity contribution >= 4 is 38.6 Å². The quantitative estimate of drug-likeness (QED) is 0.0429. The van der Waals surface area contributed by atoms with E-state index >= 15 is 0 Å². The van der Waals surface area contributed by atoms with Gasteiger partial charge in [0.25, 0.3) is 5.91 Å². The predicted molar refractivity (Wildman–Crippen MR) is 260 cm³/mol. The molecule has 14 heteroatoms. The molecule has 12 nitrogen and oxygen atoms in total. The number of phenolic OH excluding ortho intramolecular Hbond substituents is 1. The number of aromatic hydroxyl groups is 1. The second-order valence-corrected chi connectivity index (χ2v) is 18.6. The Hall–Kier alpha value is -7.13. The molecule has 0 aromatic heterocycles. The summed E-state index contributed by atoms with van der Waals surface area (Å²) >= 11 is 0. The minimum atomic E-state index is -4.54. The van der Waals surface area contributed by atoms with Gasteiger partial charge >= 0.3 is 15.6 Å². The van der Waals surface area contributed by atoms with Gasteiger partial charge in [0.15, 0.2) is 5.75 Å². The number of phosphoric acid groups is 2. The highest BCUT2D eigenvalue weighted by atomic mass is 31.2. The zero-order valence-corrected chi connectivity index (χ0v) is 39.0. The lowest BCUT2D eigenvalue weighted by molar-refractivity contribution is 0.0990. The smallest absolute Gasteiger partial charge is 0.506 e. The Labute approximate surface area is 386 Å². The van der Waals surface area contributed by atoms with Crippen molar-refractivity contribution in [1.82, 2.24) is 0 Å². The van der Waals surface area contributed by atoms with E-state index in [1.807, 2.05) is 13.0 Å². The van der Waals surface area contributed by atoms with Gasteiger partial charge < -0.3 is 42.5 Å². The first-order valence-electron chi connectivity index (χ1n) is 21.5. The van der Waals surface area contributed by atoms with Gasteiger partial charge in [0.2, 0.25) is 0 Å². The third-order valence-electron chi connectivity index (χ3n) is 10.1. The van der Waals surface area contributed by atoms with E-state index in [1.54, 1.807) is 133 Å². The zero-order valence-electron chi connectivity index (χ0n) is 37.2. The molecule has 7 rings (SSSR count). The number of carbonyl (C=O) groups excluding carboxylic acids is 1. The van der Waals surface area contributed by atoms with Crippen LogP contribution in [0.1, 0.15) is 63.7 Å². The Kier molecular flexibility index (Phi) is 15.4. The van der Waals surface area contributed by atoms with Gasteiger partial charge in [-0.3, -0.25) is 4.79 Å². The number of allylic oxidation sites excluding steroid dienone is 5. The molecule has 0 unspecified atom stereocenters. The van der Waals surface area contributed by atoms with Crippen LogP contribution in [0.5, 0.6) is 40.2 Å². The standard InChI is InChI=1S/C52H52N2O10P2/c1-38(2)20-17-21-39(3)22-18-23-40(4)34-35-54-47-36-45(63-65(57,59-41-24-9-5-10-25-41)60-42-26-11-6-12-27-42)37-48(55)51(47)53-50-46(52(54)56)32-19-33-49(50)64-66(58,61-43-28-13-7-14-29-43)62-44-30-15-8-16-31-44/h5-16,19-20,22,24-34,36-37,53,55H,17-18,21,23,35H2,1-4H3/b39-22+,40-34+. The van der Waals surface area contributed by atoms with Crippen LogP contribution in [0.4, 0.5) is 17.1 Å². The second-order valence-electron chi connectivity index (χ2n) is 15.7. The summed E-state index contributed by atoms with van der Waals surface area (Å²) in [5, 5.41) is 15.1. The molecule has 6 aromatic rings. The Bertz CT molecular complexity index is 2710. The molecule has 0 spiro atoms. The Morgan fingerprint density at radius 3 is 1.50 bits per heavy atom. The number of anilines is 3. The molecule has 0 saturated carbocycles. The van der Waals surface area contributed by atoms with E-state index in [-0.39, 0.29) is 63.7 Å². The van der Waals surface area contributed by atoms with E-state index in [2.05, 4.69) is 38.2 Å². The molecular weight excluding hydrogens is 875 g/mol. The fourth-order valence-electron chi connectivity index (χ4n) is 6.84. The van der Waals surface area contributed by atoms with Gasteiger partial charge in [-0.1, -0.05) is 114 Å². The van der Waals surface area contributed by atoms with Gasteiger partial charge in [-0.15, -0.1) is 0 Å². The minimum Gasteiger partial charge on any atom is -0.506 e. The van der Waals surface area contributed by atoms with Gasteiger partial charge in [0, 0.05) is 18.7 Å². The summed E-state index contributed by atoms with van der Waals surface area (Å²) in [5.41, 5.74) is 4.04. The number of hydrogen-bond donors (Lipinski definition) is 2. The molecule has 0 atom stereocenters. The molecule has 1 heterocycles. The maximum atomic E-state index is 15.0. The number of hydrogen-bond acceptors (Lipinski definition) is 11. The summed E-state index contributed by atoms with van der Waals surface area (Å²) in [7, 11) is -9.08. The molecule has 0 radical (unpaired) electrons. The van der Waals surface area contributed by atoms with Crippen LogP contribution in [0, 0.1) is 0 Å². The molecule has 0 saturated heterocycles. The number of nitrogens with zero attached hydrogens (tertiary/aromatic N) is 1. The molecule has 0 fully saturated rings. The summed E-state index contributed by atoms with van der Waals surface area (Å²) in [6, 6.07) is 41.0. The number of para-hydroxylation sites is 5. The minimum absolute atomic E-state index is 0.0570. The molecule has 1 aliphatic rings. The van der Waals surface area contributed by atoms with Crippen molar-refractivity contribution < 1.29 is 46.2 Å². The maximum absolute atomic E-state index is 15.0. The van der Waals surface area contributed by atoms with E-state index in [4.69, 9.17) is 27.1 Å². The average Bonchev–Trinajstić information content (AvgIpc) is 3.40. The van der Waals surface area contributed by atoms with Crippen LogP contribution in [0.25, 0.3) is 0 Å². The van der Waals surface area contributed by atoms with Crippen LogP contribution >= 0.6 is 15.6 Å². The molecule has 2 N–H and O–H groups in total. The van der Waals surface area contributed by atoms with Crippen LogP contribution in [0.2, 0.25) is 0 Å². The van der Waals surface area contributed by atoms with E-state index in [1.165, 1.54) is 34.2 Å². The zero-order chi connectivity index (χ0) is 46.5. The maximum Gasteiger partial charge on any atom is 0.647 e. The average molecular weight is 927 g/mol. The number of nitrogens with one attached hydrogen (secondary N) is 1. The second kappa shape index (κ2) is 21.7. The van der Waals surface area contributed by atoms with Crippen molar-refractivity contribution in [3.05, 3.63) is 192 Å². The number of phosphoric ester groups is 2. The summed E-state index contributed by atoms with van der Waals surface area (Å²) < 4.78 is 65.1. The molecule has 0 bridgehead atoms. The summed E-state index contributed by atoms with van der Waals surface area (Å²) in [4.78, 5) is 16.4. The van der Waals surface area contributed by atoms with Crippen LogP contribution < -0.4 is 37.4 Å². The Morgan fingerprint density at radius 2 is 1.00 bits per heavy atom. The van der Waals surface area contributed by atoms with E-state index < -0.39 is 27.3 Å². The van der Waals surface area contributed by atoms with Crippen molar-refractivity contribution in [2.45, 2.75) is 53.4 Å². The number of carbonyl (C=O) groups is 1. The third kappa shape index (κ3) is 12.8. The van der Waals surface area contributed by atoms with Gasteiger partial charge in [0.1, 0.15) is 40.2 Å². The van der Waals surface area contributed by atoms with Crippen LogP contribution in [0.3, 0.4) is 0 Å². The number of amides is 1. The monoisotopic (exact) mass is 926 g/mol. The van der Waals surface area contributed by atoms with Crippen molar-refractivity contribution in [3.63, 3.8) is 0 Å². The van der Waals surface area contributed by atoms with E-state index in [0.717, 1.165) is 31.3 Å². The van der Waals surface area contributed by atoms with Gasteiger partial charge in [-0.05, 0) is 114 Å². The van der Waals surface area contributed by atoms with Crippen molar-refractivity contribution in [2.24, 2.45) is 0 Å². The summed E-state index contributed by atoms with van der Waals surface area (Å²) in [6.07, 6.45) is 9.93. The van der Waals surface area contributed by atoms with Gasteiger partial charge in [0.05, 0.1) is 16.9 Å². The first kappa shape index (κ1) is 46.9. The lowest BCUT2D eigenvalue weighted by Crippen LogP contribution is -2.30. The molecular formula is C52H52N2O10P2. The largest absolute Gasteiger partial charge is 0.647 e. The highest BCUT2D eigenvalue weighted by Crippen LogP contribution is 2.55. The number of fused-ring (bicyclic) bond motifs is 2. The Morgan fingerprint density at radius 1 is 0.545 bits per heavy atom. The molecule has 0 aliphatic carbocycles. The predicted octanol–water partition coefficient (Wildman–Crippen LogP) is 14.8. The van der Waals surface area contributed by atoms with Crippen molar-refractivity contribution in [1.29, 1.82) is 0 Å². The fourth-order valence-corrected chi connectivity index (χ4v) is 9.34. The van der Waals surface area contributed by atoms with Gasteiger partial charge in [-0.2, -0.15) is 9.13 Å². The lowest BCUT2D eigenvalue weighted by Gasteiger charge is -2.24. The fraction of sp³-hybridized carbons (Fsp3) is 0.173. The highest BCUT2D eigenvalue weighted by Gasteiger charge is 2.38. The van der Waals surface area contributed by atoms with Crippen LogP contribution in [0.15, 0.2) is 187 Å². The Balaban J connectivity index is 1.27. The normalized spacial score (nSPS) is 12.7. The van der Waals surface area contributed by atoms with Crippen molar-refractivity contribution in [3.8, 4) is 40.2 Å². The summed E-state index contributed by atoms with van der Waals surface area (Å²) in [6.45, 7) is 8.38. The number of benzene rings is 6.